The third kappa shape index (κ3) is 8.77. The van der Waals surface area contributed by atoms with Crippen molar-refractivity contribution in [3.63, 3.8) is 0 Å². The Hall–Kier alpha value is -5.22. The first kappa shape index (κ1) is 42.4. The molecule has 1 radical (unpaired) electrons. The average Bonchev–Trinajstić information content (AvgIpc) is 3.60. The second kappa shape index (κ2) is 18.6. The van der Waals surface area contributed by atoms with Gasteiger partial charge in [0.15, 0.2) is 0 Å². The molecule has 0 amide bonds. The Morgan fingerprint density at radius 2 is 1.34 bits per heavy atom. The maximum Gasteiger partial charge on any atom is 0.216 e. The van der Waals surface area contributed by atoms with Gasteiger partial charge < -0.3 is 14.4 Å². The first-order chi connectivity index (χ1) is 27.5. The normalized spacial score (nSPS) is 11.5. The van der Waals surface area contributed by atoms with Crippen molar-refractivity contribution in [2.24, 2.45) is 11.8 Å². The van der Waals surface area contributed by atoms with Crippen LogP contribution >= 0.6 is 0 Å². The van der Waals surface area contributed by atoms with Crippen molar-refractivity contribution in [3.05, 3.63) is 162 Å². The van der Waals surface area contributed by atoms with E-state index in [9.17, 15) is 0 Å². The Kier molecular flexibility index (Phi) is 13.6. The van der Waals surface area contributed by atoms with E-state index in [0.29, 0.717) is 35.3 Å². The zero-order valence-electron chi connectivity index (χ0n) is 35.1. The molecule has 0 N–H and O–H groups in total. The third-order valence-corrected chi connectivity index (χ3v) is 11.0. The van der Waals surface area contributed by atoms with Crippen LogP contribution in [0.15, 0.2) is 132 Å². The first-order valence-corrected chi connectivity index (χ1v) is 20.3. The number of pyridine rings is 3. The number of fused-ring (bicyclic) bond motifs is 3. The van der Waals surface area contributed by atoms with Gasteiger partial charge in [-0.2, -0.15) is 0 Å². The van der Waals surface area contributed by atoms with Crippen molar-refractivity contribution >= 4 is 22.1 Å². The molecule has 8 aromatic rings. The Balaban J connectivity index is 0.000000372. The zero-order chi connectivity index (χ0) is 40.2. The number of hydrogen-bond acceptors (Lipinski definition) is 4. The van der Waals surface area contributed by atoms with Gasteiger partial charge in [-0.05, 0) is 93.9 Å². The van der Waals surface area contributed by atoms with Crippen LogP contribution < -0.4 is 0 Å². The van der Waals surface area contributed by atoms with Crippen LogP contribution in [0, 0.1) is 30.9 Å². The molecule has 0 spiro atoms. The number of aromatic nitrogens is 3. The fraction of sp³-hybridized carbons (Fsp3) is 0.264. The first-order valence-electron chi connectivity index (χ1n) is 20.3. The van der Waals surface area contributed by atoms with Gasteiger partial charge in [-0.25, -0.2) is 4.98 Å². The molecular weight excluding hydrogens is 887 g/mol. The summed E-state index contributed by atoms with van der Waals surface area (Å²) in [6.07, 6.45) is 3.86. The fourth-order valence-corrected chi connectivity index (χ4v) is 8.44. The number of furan rings is 1. The van der Waals surface area contributed by atoms with Crippen LogP contribution in [-0.2, 0) is 20.1 Å². The van der Waals surface area contributed by atoms with Crippen LogP contribution in [-0.4, -0.2) is 15.0 Å². The van der Waals surface area contributed by atoms with Gasteiger partial charge in [-0.1, -0.05) is 133 Å². The molecule has 58 heavy (non-hydrogen) atoms. The van der Waals surface area contributed by atoms with Crippen molar-refractivity contribution in [3.8, 4) is 44.9 Å². The molecule has 297 valence electrons. The van der Waals surface area contributed by atoms with Crippen LogP contribution in [0.2, 0.25) is 0 Å². The van der Waals surface area contributed by atoms with Gasteiger partial charge in [-0.3, -0.25) is 0 Å². The molecule has 0 atom stereocenters. The quantitative estimate of drug-likeness (QED) is 0.135. The van der Waals surface area contributed by atoms with E-state index in [-0.39, 0.29) is 20.1 Å². The van der Waals surface area contributed by atoms with Gasteiger partial charge in [-0.15, -0.1) is 54.1 Å². The molecule has 4 aromatic carbocycles. The van der Waals surface area contributed by atoms with E-state index in [0.717, 1.165) is 44.6 Å². The van der Waals surface area contributed by atoms with Crippen LogP contribution in [0.1, 0.15) is 95.4 Å². The number of aryl methyl sites for hydroxylation is 1. The van der Waals surface area contributed by atoms with Gasteiger partial charge in [0.05, 0.1) is 11.3 Å². The second-order valence-corrected chi connectivity index (χ2v) is 16.3. The molecule has 0 saturated heterocycles. The van der Waals surface area contributed by atoms with Gasteiger partial charge in [0.2, 0.25) is 5.71 Å². The minimum atomic E-state index is 0. The van der Waals surface area contributed by atoms with Crippen molar-refractivity contribution in [2.75, 3.05) is 0 Å². The summed E-state index contributed by atoms with van der Waals surface area (Å²) < 4.78 is 6.63. The average molecular weight is 940 g/mol. The zero-order valence-corrected chi connectivity index (χ0v) is 37.5. The smallest absolute Gasteiger partial charge is 0.216 e. The molecular formula is C53H53IrN3O-2. The second-order valence-electron chi connectivity index (χ2n) is 16.3. The van der Waals surface area contributed by atoms with E-state index >= 15 is 0 Å². The molecule has 0 aliphatic carbocycles. The monoisotopic (exact) mass is 940 g/mol. The van der Waals surface area contributed by atoms with E-state index in [4.69, 9.17) is 14.4 Å². The van der Waals surface area contributed by atoms with Crippen molar-refractivity contribution in [1.82, 2.24) is 15.0 Å². The Morgan fingerprint density at radius 1 is 0.603 bits per heavy atom. The Labute approximate surface area is 358 Å². The maximum atomic E-state index is 6.63. The molecule has 4 aromatic heterocycles. The minimum Gasteiger partial charge on any atom is -0.486 e. The summed E-state index contributed by atoms with van der Waals surface area (Å²) in [6, 6.07) is 46.1. The number of benzene rings is 4. The van der Waals surface area contributed by atoms with Crippen molar-refractivity contribution in [2.45, 2.75) is 80.1 Å². The molecule has 0 bridgehead atoms. The van der Waals surface area contributed by atoms with E-state index in [1.807, 2.05) is 48.5 Å². The van der Waals surface area contributed by atoms with Crippen molar-refractivity contribution in [1.29, 1.82) is 0 Å². The molecule has 0 fully saturated rings. The summed E-state index contributed by atoms with van der Waals surface area (Å²) in [7, 11) is 0. The van der Waals surface area contributed by atoms with Gasteiger partial charge in [0, 0.05) is 43.4 Å². The molecule has 0 saturated carbocycles. The van der Waals surface area contributed by atoms with E-state index < -0.39 is 0 Å². The summed E-state index contributed by atoms with van der Waals surface area (Å²) in [5.74, 6) is 2.21. The maximum absolute atomic E-state index is 6.63. The fourth-order valence-electron chi connectivity index (χ4n) is 8.44. The predicted octanol–water partition coefficient (Wildman–Crippen LogP) is 14.7. The van der Waals surface area contributed by atoms with Crippen LogP contribution in [0.25, 0.3) is 67.0 Å². The summed E-state index contributed by atoms with van der Waals surface area (Å²) >= 11 is 0. The van der Waals surface area contributed by atoms with Crippen molar-refractivity contribution < 1.29 is 24.5 Å². The topological polar surface area (TPSA) is 51.8 Å². The molecule has 5 heteroatoms. The van der Waals surface area contributed by atoms with Crippen LogP contribution in [0.4, 0.5) is 0 Å². The number of hydrogen-bond donors (Lipinski definition) is 0. The van der Waals surface area contributed by atoms with E-state index in [1.54, 1.807) is 6.20 Å². The molecule has 4 heterocycles. The van der Waals surface area contributed by atoms with Gasteiger partial charge in [0.25, 0.3) is 0 Å². The molecule has 8 rings (SSSR count). The van der Waals surface area contributed by atoms with E-state index in [2.05, 4.69) is 152 Å². The Morgan fingerprint density at radius 3 is 1.98 bits per heavy atom. The molecule has 0 aliphatic heterocycles. The van der Waals surface area contributed by atoms with Gasteiger partial charge in [0.1, 0.15) is 0 Å². The largest absolute Gasteiger partial charge is 0.486 e. The summed E-state index contributed by atoms with van der Waals surface area (Å²) in [4.78, 5) is 14.4. The van der Waals surface area contributed by atoms with Gasteiger partial charge >= 0.3 is 0 Å². The SMILES string of the molecule is Cc1cc(-c2[c-]ccc3c2oc2nc(-c4c(C(C)C)ccc(-c5ccccc5)c4C(C)C)ccc23)ncc1C(C(C)C)C(C)C.[Ir].[c-]1ccccc1-c1ccccn1. The Bertz CT molecular complexity index is 2550. The minimum absolute atomic E-state index is 0. The molecule has 4 nitrogen and oxygen atoms in total. The molecule has 0 aliphatic rings. The summed E-state index contributed by atoms with van der Waals surface area (Å²) in [5, 5.41) is 2.04. The number of nitrogens with zero attached hydrogens (tertiary/aromatic N) is 3. The number of rotatable bonds is 9. The third-order valence-electron chi connectivity index (χ3n) is 11.0. The van der Waals surface area contributed by atoms with Crippen LogP contribution in [0.5, 0.6) is 0 Å². The van der Waals surface area contributed by atoms with E-state index in [1.165, 1.54) is 38.9 Å². The summed E-state index contributed by atoms with van der Waals surface area (Å²) in [5.41, 5.74) is 15.1. The van der Waals surface area contributed by atoms with Crippen LogP contribution in [0.3, 0.4) is 0 Å². The standard InChI is InChI=1S/C42H45N2O.C11H8N.Ir/c1-24(2)30-18-19-31(29-14-11-10-12-15-29)39(27(7)8)40(30)36-21-20-33-32-16-13-17-34(41(32)45-42(33)44-36)37-22-28(9)35(23-43-37)38(25(3)4)26(5)6;1-2-6-10(7-3-1)11-8-4-5-9-12-11;/h10-16,18-27,38H,1-9H3;1-6,8-9H;/q2*-1;. The summed E-state index contributed by atoms with van der Waals surface area (Å²) in [6.45, 7) is 20.5. The predicted molar refractivity (Wildman–Crippen MR) is 238 cm³/mol. The molecule has 0 unspecified atom stereocenters.